The minimum Gasteiger partial charge on any atom is -0.382 e. The summed E-state index contributed by atoms with van der Waals surface area (Å²) >= 11 is 0. The molecule has 0 aromatic heterocycles. The molecule has 0 saturated carbocycles. The maximum absolute atomic E-state index is 13.8. The topological polar surface area (TPSA) is 72.2 Å². The third-order valence-corrected chi connectivity index (χ3v) is 4.48. The summed E-state index contributed by atoms with van der Waals surface area (Å²) in [5.41, 5.74) is 0.284. The number of rotatable bonds is 5. The molecular formula is C13H21FN2O2S. The highest BCUT2D eigenvalue weighted by atomic mass is 32.2. The van der Waals surface area contributed by atoms with Crippen LogP contribution in [0.3, 0.4) is 0 Å². The van der Waals surface area contributed by atoms with Crippen molar-refractivity contribution in [2.75, 3.05) is 11.9 Å². The van der Waals surface area contributed by atoms with Crippen LogP contribution in [-0.2, 0) is 10.0 Å². The van der Waals surface area contributed by atoms with Gasteiger partial charge in [-0.2, -0.15) is 0 Å². The van der Waals surface area contributed by atoms with Crippen molar-refractivity contribution in [3.05, 3.63) is 24.0 Å². The zero-order valence-electron chi connectivity index (χ0n) is 11.7. The molecule has 0 aliphatic carbocycles. The summed E-state index contributed by atoms with van der Waals surface area (Å²) in [7, 11) is -3.87. The molecule has 0 unspecified atom stereocenters. The molecule has 6 heteroatoms. The predicted octanol–water partition coefficient (Wildman–Crippen LogP) is 2.57. The number of primary sulfonamides is 1. The molecule has 0 atom stereocenters. The smallest absolute Gasteiger partial charge is 0.238 e. The van der Waals surface area contributed by atoms with E-state index >= 15 is 0 Å². The van der Waals surface area contributed by atoms with Gasteiger partial charge in [0.15, 0.2) is 0 Å². The predicted molar refractivity (Wildman–Crippen MR) is 74.9 cm³/mol. The fraction of sp³-hybridized carbons (Fsp3) is 0.538. The van der Waals surface area contributed by atoms with Gasteiger partial charge in [-0.25, -0.2) is 17.9 Å². The lowest BCUT2D eigenvalue weighted by Gasteiger charge is -2.30. The first kappa shape index (κ1) is 15.9. The number of halogens is 1. The highest BCUT2D eigenvalue weighted by Crippen LogP contribution is 2.27. The molecule has 1 aromatic carbocycles. The summed E-state index contributed by atoms with van der Waals surface area (Å²) in [6.45, 7) is 8.96. The number of anilines is 1. The molecule has 1 aromatic rings. The number of nitrogens with one attached hydrogen (secondary N) is 1. The van der Waals surface area contributed by atoms with Gasteiger partial charge < -0.3 is 5.32 Å². The average molecular weight is 288 g/mol. The van der Waals surface area contributed by atoms with E-state index in [1.807, 2.05) is 0 Å². The second-order valence-electron chi connectivity index (χ2n) is 5.68. The Kier molecular flexibility index (Phi) is 4.58. The van der Waals surface area contributed by atoms with Crippen LogP contribution in [0.2, 0.25) is 0 Å². The Labute approximate surface area is 114 Å². The van der Waals surface area contributed by atoms with Gasteiger partial charge in [0.2, 0.25) is 10.0 Å². The van der Waals surface area contributed by atoms with Crippen molar-refractivity contribution in [3.63, 3.8) is 0 Å². The van der Waals surface area contributed by atoms with Crippen LogP contribution >= 0.6 is 0 Å². The Morgan fingerprint density at radius 1 is 1.37 bits per heavy atom. The van der Waals surface area contributed by atoms with Gasteiger partial charge in [0, 0.05) is 6.54 Å². The molecular weight excluding hydrogens is 267 g/mol. The Morgan fingerprint density at radius 2 is 1.95 bits per heavy atom. The van der Waals surface area contributed by atoms with E-state index in [2.05, 4.69) is 33.0 Å². The lowest BCUT2D eigenvalue weighted by molar-refractivity contribution is 0.269. The molecule has 3 N–H and O–H groups in total. The Balaban J connectivity index is 2.88. The zero-order chi connectivity index (χ0) is 14.8. The van der Waals surface area contributed by atoms with Crippen molar-refractivity contribution >= 4 is 15.7 Å². The minimum atomic E-state index is -3.87. The van der Waals surface area contributed by atoms with Crippen LogP contribution in [0.15, 0.2) is 23.1 Å². The lowest BCUT2D eigenvalue weighted by atomic mass is 9.81. The molecule has 1 rings (SSSR count). The maximum Gasteiger partial charge on any atom is 0.238 e. The highest BCUT2D eigenvalue weighted by molar-refractivity contribution is 7.89. The van der Waals surface area contributed by atoms with Crippen molar-refractivity contribution in [2.45, 2.75) is 32.6 Å². The lowest BCUT2D eigenvalue weighted by Crippen LogP contribution is -2.28. The number of hydrogen-bond acceptors (Lipinski definition) is 3. The van der Waals surface area contributed by atoms with Crippen molar-refractivity contribution in [3.8, 4) is 0 Å². The molecule has 0 radical (unpaired) electrons. The van der Waals surface area contributed by atoms with Gasteiger partial charge in [-0.05, 0) is 29.5 Å². The number of nitrogens with two attached hydrogens (primary N) is 1. The summed E-state index contributed by atoms with van der Waals surface area (Å²) in [4.78, 5) is -0.223. The average Bonchev–Trinajstić information content (AvgIpc) is 2.25. The highest BCUT2D eigenvalue weighted by Gasteiger charge is 2.22. The molecule has 108 valence electrons. The monoisotopic (exact) mass is 288 g/mol. The van der Waals surface area contributed by atoms with Crippen LogP contribution in [0, 0.1) is 17.2 Å². The van der Waals surface area contributed by atoms with E-state index in [0.717, 1.165) is 6.07 Å². The largest absolute Gasteiger partial charge is 0.382 e. The Bertz CT molecular complexity index is 554. The Morgan fingerprint density at radius 3 is 2.37 bits per heavy atom. The molecule has 0 fully saturated rings. The van der Waals surface area contributed by atoms with E-state index in [4.69, 9.17) is 5.14 Å². The summed E-state index contributed by atoms with van der Waals surface area (Å²) in [5.74, 6) is -0.183. The molecule has 0 aliphatic rings. The van der Waals surface area contributed by atoms with Gasteiger partial charge >= 0.3 is 0 Å². The molecule has 0 spiro atoms. The van der Waals surface area contributed by atoms with E-state index < -0.39 is 15.8 Å². The molecule has 0 bridgehead atoms. The normalized spacial score (nSPS) is 12.8. The third-order valence-electron chi connectivity index (χ3n) is 3.57. The first-order valence-corrected chi connectivity index (χ1v) is 7.65. The van der Waals surface area contributed by atoms with Crippen molar-refractivity contribution in [2.24, 2.45) is 16.5 Å². The van der Waals surface area contributed by atoms with Crippen molar-refractivity contribution < 1.29 is 12.8 Å². The summed E-state index contributed by atoms with van der Waals surface area (Å²) in [6.07, 6.45) is 0. The summed E-state index contributed by atoms with van der Waals surface area (Å²) in [5, 5.41) is 7.95. The first-order valence-electron chi connectivity index (χ1n) is 6.10. The van der Waals surface area contributed by atoms with E-state index in [1.165, 1.54) is 12.1 Å². The molecule has 0 heterocycles. The number of benzene rings is 1. The SMILES string of the molecule is CC(C)C(C)(C)CNc1ccc(S(N)(=O)=O)cc1F. The van der Waals surface area contributed by atoms with Crippen molar-refractivity contribution in [1.82, 2.24) is 0 Å². The molecule has 0 saturated heterocycles. The summed E-state index contributed by atoms with van der Waals surface area (Å²) < 4.78 is 36.0. The number of sulfonamides is 1. The van der Waals surface area contributed by atoms with Crippen LogP contribution in [0.25, 0.3) is 0 Å². The van der Waals surface area contributed by atoms with E-state index in [9.17, 15) is 12.8 Å². The van der Waals surface area contributed by atoms with Crippen LogP contribution in [0.1, 0.15) is 27.7 Å². The maximum atomic E-state index is 13.8. The second-order valence-corrected chi connectivity index (χ2v) is 7.24. The fourth-order valence-corrected chi connectivity index (χ4v) is 1.87. The molecule has 0 aliphatic heterocycles. The van der Waals surface area contributed by atoms with E-state index in [-0.39, 0.29) is 16.0 Å². The number of hydrogen-bond donors (Lipinski definition) is 2. The third kappa shape index (κ3) is 4.18. The zero-order valence-corrected chi connectivity index (χ0v) is 12.5. The van der Waals surface area contributed by atoms with E-state index in [0.29, 0.717) is 12.5 Å². The molecule has 0 amide bonds. The van der Waals surface area contributed by atoms with Gasteiger partial charge in [0.25, 0.3) is 0 Å². The van der Waals surface area contributed by atoms with Crippen LogP contribution in [0.4, 0.5) is 10.1 Å². The van der Waals surface area contributed by atoms with Gasteiger partial charge in [0.1, 0.15) is 5.82 Å². The van der Waals surface area contributed by atoms with E-state index in [1.54, 1.807) is 0 Å². The second kappa shape index (κ2) is 5.46. The van der Waals surface area contributed by atoms with Crippen LogP contribution in [0.5, 0.6) is 0 Å². The van der Waals surface area contributed by atoms with Gasteiger partial charge in [-0.15, -0.1) is 0 Å². The summed E-state index contributed by atoms with van der Waals surface area (Å²) in [6, 6.07) is 3.62. The first-order chi connectivity index (χ1) is 8.54. The van der Waals surface area contributed by atoms with Crippen LogP contribution < -0.4 is 10.5 Å². The van der Waals surface area contributed by atoms with Crippen molar-refractivity contribution in [1.29, 1.82) is 0 Å². The Hall–Kier alpha value is -1.14. The quantitative estimate of drug-likeness (QED) is 0.874. The van der Waals surface area contributed by atoms with Gasteiger partial charge in [0.05, 0.1) is 10.6 Å². The van der Waals surface area contributed by atoms with Gasteiger partial charge in [-0.1, -0.05) is 27.7 Å². The van der Waals surface area contributed by atoms with Gasteiger partial charge in [-0.3, -0.25) is 0 Å². The van der Waals surface area contributed by atoms with Crippen LogP contribution in [-0.4, -0.2) is 15.0 Å². The minimum absolute atomic E-state index is 0.00502. The molecule has 4 nitrogen and oxygen atoms in total. The standard InChI is InChI=1S/C13H21FN2O2S/c1-9(2)13(3,4)8-16-12-6-5-10(7-11(12)14)19(15,17)18/h5-7,9,16H,8H2,1-4H3,(H2,15,17,18). The molecule has 19 heavy (non-hydrogen) atoms. The fourth-order valence-electron chi connectivity index (χ4n) is 1.34.